The Bertz CT molecular complexity index is 395. The highest BCUT2D eigenvalue weighted by Gasteiger charge is 2.21. The topological polar surface area (TPSA) is 50.7 Å². The summed E-state index contributed by atoms with van der Waals surface area (Å²) in [4.78, 5) is 0. The number of hydrogen-bond acceptors (Lipinski definition) is 4. The molecule has 0 saturated carbocycles. The van der Waals surface area contributed by atoms with E-state index < -0.39 is 6.10 Å². The maximum absolute atomic E-state index is 10.5. The van der Waals surface area contributed by atoms with Crippen molar-refractivity contribution in [2.24, 2.45) is 0 Å². The highest BCUT2D eigenvalue weighted by Crippen LogP contribution is 2.31. The number of methoxy groups -OCH3 is 2. The highest BCUT2D eigenvalue weighted by atomic mass is 16.5. The van der Waals surface area contributed by atoms with Crippen LogP contribution in [-0.2, 0) is 0 Å². The highest BCUT2D eigenvalue weighted by molar-refractivity contribution is 5.42. The van der Waals surface area contributed by atoms with Crippen LogP contribution in [0.2, 0.25) is 0 Å². The van der Waals surface area contributed by atoms with E-state index in [0.717, 1.165) is 12.0 Å². The fourth-order valence-electron chi connectivity index (χ4n) is 2.00. The van der Waals surface area contributed by atoms with Gasteiger partial charge in [-0.25, -0.2) is 0 Å². The number of nitrogens with one attached hydrogen (secondary N) is 1. The van der Waals surface area contributed by atoms with Gasteiger partial charge in [0.25, 0.3) is 0 Å². The third-order valence-corrected chi connectivity index (χ3v) is 3.39. The molecule has 0 radical (unpaired) electrons. The summed E-state index contributed by atoms with van der Waals surface area (Å²) in [6.45, 7) is 6.19. The van der Waals surface area contributed by atoms with Gasteiger partial charge >= 0.3 is 0 Å². The predicted molar refractivity (Wildman–Crippen MR) is 76.9 cm³/mol. The van der Waals surface area contributed by atoms with Gasteiger partial charge in [0.15, 0.2) is 0 Å². The summed E-state index contributed by atoms with van der Waals surface area (Å²) in [6, 6.07) is 5.75. The van der Waals surface area contributed by atoms with Gasteiger partial charge in [-0.1, -0.05) is 6.92 Å². The van der Waals surface area contributed by atoms with E-state index in [1.54, 1.807) is 14.2 Å². The quantitative estimate of drug-likeness (QED) is 0.797. The number of hydrogen-bond donors (Lipinski definition) is 2. The molecule has 4 nitrogen and oxygen atoms in total. The van der Waals surface area contributed by atoms with Gasteiger partial charge in [-0.05, 0) is 38.5 Å². The summed E-state index contributed by atoms with van der Waals surface area (Å²) < 4.78 is 10.5. The molecule has 0 bridgehead atoms. The smallest absolute Gasteiger partial charge is 0.124 e. The largest absolute Gasteiger partial charge is 0.497 e. The molecule has 0 spiro atoms. The van der Waals surface area contributed by atoms with Crippen LogP contribution in [0, 0.1) is 0 Å². The molecule has 0 saturated heterocycles. The molecule has 0 aromatic heterocycles. The van der Waals surface area contributed by atoms with E-state index in [-0.39, 0.29) is 6.04 Å². The van der Waals surface area contributed by atoms with Crippen molar-refractivity contribution in [3.63, 3.8) is 0 Å². The van der Waals surface area contributed by atoms with Gasteiger partial charge in [-0.15, -0.1) is 0 Å². The summed E-state index contributed by atoms with van der Waals surface area (Å²) in [5.41, 5.74) is 0.741. The van der Waals surface area contributed by atoms with Crippen molar-refractivity contribution >= 4 is 0 Å². The number of aliphatic hydroxyl groups is 1. The van der Waals surface area contributed by atoms with Crippen molar-refractivity contribution in [3.8, 4) is 11.5 Å². The van der Waals surface area contributed by atoms with Crippen LogP contribution in [0.15, 0.2) is 18.2 Å². The van der Waals surface area contributed by atoms with Crippen LogP contribution in [0.4, 0.5) is 0 Å². The van der Waals surface area contributed by atoms with Gasteiger partial charge in [0.2, 0.25) is 0 Å². The second kappa shape index (κ2) is 7.36. The molecule has 0 fully saturated rings. The lowest BCUT2D eigenvalue weighted by Crippen LogP contribution is -2.38. The van der Waals surface area contributed by atoms with Crippen molar-refractivity contribution < 1.29 is 14.6 Å². The van der Waals surface area contributed by atoms with E-state index in [1.807, 2.05) is 25.1 Å². The molecule has 3 atom stereocenters. The fraction of sp³-hybridized carbons (Fsp3) is 0.600. The lowest BCUT2D eigenvalue weighted by Gasteiger charge is -2.25. The molecular weight excluding hydrogens is 242 g/mol. The lowest BCUT2D eigenvalue weighted by atomic mass is 10.0. The Morgan fingerprint density at radius 3 is 2.42 bits per heavy atom. The number of aliphatic hydroxyl groups excluding tert-OH is 1. The average molecular weight is 267 g/mol. The molecule has 0 heterocycles. The van der Waals surface area contributed by atoms with Gasteiger partial charge in [-0.3, -0.25) is 0 Å². The molecule has 0 aliphatic heterocycles. The van der Waals surface area contributed by atoms with E-state index in [9.17, 15) is 5.11 Å². The zero-order valence-electron chi connectivity index (χ0n) is 12.4. The molecule has 1 aromatic rings. The van der Waals surface area contributed by atoms with Gasteiger partial charge < -0.3 is 19.9 Å². The van der Waals surface area contributed by atoms with E-state index >= 15 is 0 Å². The molecule has 108 valence electrons. The Hall–Kier alpha value is -1.26. The van der Waals surface area contributed by atoms with Gasteiger partial charge in [0, 0.05) is 17.6 Å². The molecule has 2 N–H and O–H groups in total. The first-order valence-corrected chi connectivity index (χ1v) is 6.69. The minimum absolute atomic E-state index is 0.0593. The maximum Gasteiger partial charge on any atom is 0.124 e. The normalized spacial score (nSPS) is 15.7. The first-order valence-electron chi connectivity index (χ1n) is 6.69. The molecule has 0 amide bonds. The minimum atomic E-state index is -0.640. The minimum Gasteiger partial charge on any atom is -0.497 e. The van der Waals surface area contributed by atoms with Crippen LogP contribution >= 0.6 is 0 Å². The van der Waals surface area contributed by atoms with Gasteiger partial charge in [0.1, 0.15) is 11.5 Å². The number of benzene rings is 1. The third kappa shape index (κ3) is 4.11. The van der Waals surface area contributed by atoms with Crippen molar-refractivity contribution in [1.82, 2.24) is 5.32 Å². The van der Waals surface area contributed by atoms with E-state index in [2.05, 4.69) is 19.2 Å². The second-order valence-electron chi connectivity index (χ2n) is 4.82. The molecular formula is C15H25NO3. The van der Waals surface area contributed by atoms with Crippen LogP contribution in [0.1, 0.15) is 38.9 Å². The standard InChI is InChI=1S/C15H25NO3/c1-6-10(2)16-11(3)15(17)13-9-12(18-4)7-8-14(13)19-5/h7-11,15-17H,6H2,1-5H3. The Kier molecular flexibility index (Phi) is 6.12. The summed E-state index contributed by atoms with van der Waals surface area (Å²) in [5.74, 6) is 1.39. The van der Waals surface area contributed by atoms with E-state index in [4.69, 9.17) is 9.47 Å². The zero-order valence-corrected chi connectivity index (χ0v) is 12.4. The van der Waals surface area contributed by atoms with Gasteiger partial charge in [0.05, 0.1) is 20.3 Å². The molecule has 3 unspecified atom stereocenters. The van der Waals surface area contributed by atoms with Crippen LogP contribution in [0.25, 0.3) is 0 Å². The molecule has 1 aromatic carbocycles. The molecule has 4 heteroatoms. The predicted octanol–water partition coefficient (Wildman–Crippen LogP) is 2.51. The molecule has 1 rings (SSSR count). The maximum atomic E-state index is 10.5. The summed E-state index contributed by atoms with van der Waals surface area (Å²) in [6.07, 6.45) is 0.380. The van der Waals surface area contributed by atoms with Gasteiger partial charge in [-0.2, -0.15) is 0 Å². The van der Waals surface area contributed by atoms with Crippen molar-refractivity contribution in [3.05, 3.63) is 23.8 Å². The fourth-order valence-corrected chi connectivity index (χ4v) is 2.00. The lowest BCUT2D eigenvalue weighted by molar-refractivity contribution is 0.126. The molecule has 0 aliphatic rings. The summed E-state index contributed by atoms with van der Waals surface area (Å²) in [5, 5.41) is 13.8. The van der Waals surface area contributed by atoms with Crippen LogP contribution in [0.3, 0.4) is 0 Å². The Morgan fingerprint density at radius 1 is 1.21 bits per heavy atom. The molecule has 19 heavy (non-hydrogen) atoms. The average Bonchev–Trinajstić information content (AvgIpc) is 2.45. The van der Waals surface area contributed by atoms with Crippen molar-refractivity contribution in [2.45, 2.75) is 45.4 Å². The Balaban J connectivity index is 2.93. The summed E-state index contributed by atoms with van der Waals surface area (Å²) >= 11 is 0. The van der Waals surface area contributed by atoms with E-state index in [1.165, 1.54) is 0 Å². The monoisotopic (exact) mass is 267 g/mol. The first kappa shape index (κ1) is 15.8. The number of rotatable bonds is 7. The SMILES string of the molecule is CCC(C)NC(C)C(O)c1cc(OC)ccc1OC. The van der Waals surface area contributed by atoms with Crippen LogP contribution in [-0.4, -0.2) is 31.4 Å². The second-order valence-corrected chi connectivity index (χ2v) is 4.82. The summed E-state index contributed by atoms with van der Waals surface area (Å²) in [7, 11) is 3.21. The third-order valence-electron chi connectivity index (χ3n) is 3.39. The number of ether oxygens (including phenoxy) is 2. The Morgan fingerprint density at radius 2 is 1.89 bits per heavy atom. The van der Waals surface area contributed by atoms with Crippen LogP contribution in [0.5, 0.6) is 11.5 Å². The Labute approximate surface area is 115 Å². The van der Waals surface area contributed by atoms with Crippen molar-refractivity contribution in [1.29, 1.82) is 0 Å². The molecule has 0 aliphatic carbocycles. The first-order chi connectivity index (χ1) is 9.03. The van der Waals surface area contributed by atoms with Crippen molar-refractivity contribution in [2.75, 3.05) is 14.2 Å². The zero-order chi connectivity index (χ0) is 14.4. The van der Waals surface area contributed by atoms with Crippen LogP contribution < -0.4 is 14.8 Å². The van der Waals surface area contributed by atoms with E-state index in [0.29, 0.717) is 17.5 Å².